The molecule has 6 aromatic rings. The van der Waals surface area contributed by atoms with Crippen LogP contribution in [0.1, 0.15) is 32.1 Å². The van der Waals surface area contributed by atoms with Crippen molar-refractivity contribution in [1.82, 2.24) is 35.1 Å². The molecule has 37 heavy (non-hydrogen) atoms. The van der Waals surface area contributed by atoms with Gasteiger partial charge < -0.3 is 9.72 Å². The zero-order valence-electron chi connectivity index (χ0n) is 20.2. The molecule has 1 aliphatic carbocycles. The van der Waals surface area contributed by atoms with E-state index in [-0.39, 0.29) is 6.10 Å². The predicted molar refractivity (Wildman–Crippen MR) is 143 cm³/mol. The van der Waals surface area contributed by atoms with E-state index in [1.807, 2.05) is 36.7 Å². The van der Waals surface area contributed by atoms with Gasteiger partial charge in [0.15, 0.2) is 5.65 Å². The Morgan fingerprint density at radius 2 is 1.73 bits per heavy atom. The number of nitrogens with one attached hydrogen (secondary N) is 2. The largest absolute Gasteiger partial charge is 0.489 e. The van der Waals surface area contributed by atoms with Gasteiger partial charge in [0.25, 0.3) is 0 Å². The highest BCUT2D eigenvalue weighted by molar-refractivity contribution is 5.99. The van der Waals surface area contributed by atoms with Crippen LogP contribution in [0.5, 0.6) is 5.75 Å². The van der Waals surface area contributed by atoms with Crippen LogP contribution in [0, 0.1) is 0 Å². The molecule has 1 saturated carbocycles. The van der Waals surface area contributed by atoms with E-state index in [0.29, 0.717) is 5.65 Å². The van der Waals surface area contributed by atoms with Gasteiger partial charge in [-0.2, -0.15) is 5.10 Å². The van der Waals surface area contributed by atoms with Crippen molar-refractivity contribution >= 4 is 22.1 Å². The van der Waals surface area contributed by atoms with Crippen molar-refractivity contribution in [2.75, 3.05) is 0 Å². The Labute approximate surface area is 213 Å². The fourth-order valence-electron chi connectivity index (χ4n) is 5.19. The Bertz CT molecular complexity index is 1700. The predicted octanol–water partition coefficient (Wildman–Crippen LogP) is 6.34. The summed E-state index contributed by atoms with van der Waals surface area (Å²) in [6, 6.07) is 14.1. The zero-order chi connectivity index (χ0) is 24.6. The number of hydrogen-bond acceptors (Lipinski definition) is 6. The number of pyridine rings is 4. The highest BCUT2D eigenvalue weighted by atomic mass is 16.5. The van der Waals surface area contributed by atoms with Gasteiger partial charge in [-0.05, 0) is 62.1 Å². The minimum Gasteiger partial charge on any atom is -0.489 e. The van der Waals surface area contributed by atoms with Crippen molar-refractivity contribution in [2.24, 2.45) is 0 Å². The maximum absolute atomic E-state index is 6.25. The van der Waals surface area contributed by atoms with E-state index in [9.17, 15) is 0 Å². The van der Waals surface area contributed by atoms with Gasteiger partial charge in [-0.1, -0.05) is 12.5 Å². The van der Waals surface area contributed by atoms with Crippen LogP contribution in [0.15, 0.2) is 73.4 Å². The minimum atomic E-state index is 0.276. The maximum atomic E-state index is 6.25. The molecule has 1 aliphatic rings. The van der Waals surface area contributed by atoms with E-state index >= 15 is 0 Å². The molecular weight excluding hydrogens is 462 g/mol. The first-order chi connectivity index (χ1) is 18.3. The van der Waals surface area contributed by atoms with Gasteiger partial charge in [0.1, 0.15) is 11.4 Å². The van der Waals surface area contributed by atoms with E-state index in [1.165, 1.54) is 19.3 Å². The summed E-state index contributed by atoms with van der Waals surface area (Å²) in [5.74, 6) is 0.806. The molecule has 0 spiro atoms. The molecule has 182 valence electrons. The Morgan fingerprint density at radius 3 is 2.62 bits per heavy atom. The van der Waals surface area contributed by atoms with Crippen molar-refractivity contribution in [3.05, 3.63) is 73.4 Å². The van der Waals surface area contributed by atoms with Crippen LogP contribution in [-0.2, 0) is 0 Å². The molecule has 0 aliphatic heterocycles. The second-order valence-corrected chi connectivity index (χ2v) is 9.50. The monoisotopic (exact) mass is 487 g/mol. The Hall–Kier alpha value is -4.59. The van der Waals surface area contributed by atoms with Crippen LogP contribution in [0.2, 0.25) is 0 Å². The summed E-state index contributed by atoms with van der Waals surface area (Å²) >= 11 is 0. The molecule has 2 N–H and O–H groups in total. The fraction of sp³-hybridized carbons (Fsp3) is 0.207. The number of H-pyrrole nitrogens is 2. The molecular formula is C29H25N7O. The first-order valence-corrected chi connectivity index (χ1v) is 12.7. The highest BCUT2D eigenvalue weighted by Gasteiger charge is 2.17. The van der Waals surface area contributed by atoms with E-state index in [2.05, 4.69) is 53.3 Å². The summed E-state index contributed by atoms with van der Waals surface area (Å²) in [7, 11) is 0. The summed E-state index contributed by atoms with van der Waals surface area (Å²) in [6.07, 6.45) is 15.3. The second-order valence-electron chi connectivity index (χ2n) is 9.50. The Balaban J connectivity index is 1.26. The molecule has 8 nitrogen and oxygen atoms in total. The van der Waals surface area contributed by atoms with Crippen LogP contribution < -0.4 is 4.74 Å². The molecule has 8 heteroatoms. The molecule has 6 heterocycles. The molecule has 0 aromatic carbocycles. The molecule has 7 rings (SSSR count). The number of aromatic nitrogens is 7. The van der Waals surface area contributed by atoms with Gasteiger partial charge in [-0.3, -0.25) is 15.1 Å². The van der Waals surface area contributed by atoms with Gasteiger partial charge in [-0.25, -0.2) is 9.97 Å². The molecule has 0 bridgehead atoms. The average Bonchev–Trinajstić information content (AvgIpc) is 3.58. The molecule has 0 atom stereocenters. The van der Waals surface area contributed by atoms with Crippen LogP contribution in [0.4, 0.5) is 0 Å². The van der Waals surface area contributed by atoms with Crippen LogP contribution in [-0.4, -0.2) is 41.2 Å². The van der Waals surface area contributed by atoms with Crippen LogP contribution in [0.25, 0.3) is 55.8 Å². The lowest BCUT2D eigenvalue weighted by atomic mass is 9.98. The number of hydrogen-bond donors (Lipinski definition) is 2. The van der Waals surface area contributed by atoms with Crippen LogP contribution >= 0.6 is 0 Å². The lowest BCUT2D eigenvalue weighted by Gasteiger charge is -2.23. The highest BCUT2D eigenvalue weighted by Crippen LogP contribution is 2.34. The third-order valence-electron chi connectivity index (χ3n) is 7.05. The number of aromatic amines is 2. The third kappa shape index (κ3) is 4.10. The summed E-state index contributed by atoms with van der Waals surface area (Å²) in [5.41, 5.74) is 7.04. The van der Waals surface area contributed by atoms with Crippen molar-refractivity contribution in [3.8, 4) is 39.5 Å². The summed E-state index contributed by atoms with van der Waals surface area (Å²) < 4.78 is 6.25. The smallest absolute Gasteiger partial charge is 0.181 e. The summed E-state index contributed by atoms with van der Waals surface area (Å²) in [6.45, 7) is 0. The van der Waals surface area contributed by atoms with Gasteiger partial charge >= 0.3 is 0 Å². The number of ether oxygens (including phenoxy) is 1. The van der Waals surface area contributed by atoms with E-state index in [0.717, 1.165) is 68.8 Å². The SMILES string of the molecule is c1ccc(-c2ccnc3[nH]c(-c4[nH]nc5ncc(-c6cncc(OC7CCCCC7)c6)cc45)cc23)nc1. The van der Waals surface area contributed by atoms with Gasteiger partial charge in [0.2, 0.25) is 0 Å². The molecule has 1 fully saturated rings. The summed E-state index contributed by atoms with van der Waals surface area (Å²) in [5, 5.41) is 9.53. The van der Waals surface area contributed by atoms with Crippen molar-refractivity contribution in [1.29, 1.82) is 0 Å². The number of nitrogens with zero attached hydrogens (tertiary/aromatic N) is 5. The zero-order valence-corrected chi connectivity index (χ0v) is 20.2. The van der Waals surface area contributed by atoms with E-state index in [1.54, 1.807) is 18.6 Å². The Kier molecular flexibility index (Phi) is 5.35. The topological polar surface area (TPSA) is 105 Å². The second kappa shape index (κ2) is 9.13. The molecule has 0 radical (unpaired) electrons. The molecule has 0 unspecified atom stereocenters. The third-order valence-corrected chi connectivity index (χ3v) is 7.05. The lowest BCUT2D eigenvalue weighted by molar-refractivity contribution is 0.154. The molecule has 0 amide bonds. The van der Waals surface area contributed by atoms with E-state index < -0.39 is 0 Å². The minimum absolute atomic E-state index is 0.276. The molecule has 0 saturated heterocycles. The maximum Gasteiger partial charge on any atom is 0.181 e. The Morgan fingerprint density at radius 1 is 0.811 bits per heavy atom. The fourth-order valence-corrected chi connectivity index (χ4v) is 5.19. The first kappa shape index (κ1) is 21.7. The first-order valence-electron chi connectivity index (χ1n) is 12.7. The van der Waals surface area contributed by atoms with E-state index in [4.69, 9.17) is 4.74 Å². The average molecular weight is 488 g/mol. The number of fused-ring (bicyclic) bond motifs is 2. The quantitative estimate of drug-likeness (QED) is 0.294. The standard InChI is InChI=1S/C29H25N7O/c1-2-6-20(7-3-1)37-21-12-18(15-30-17-21)19-13-24-27(35-36-29(24)33-16-19)26-14-23-22(9-11-32-28(23)34-26)25-8-4-5-10-31-25/h4-5,8-17,20H,1-3,6-7H2,(H,32,34)(H,33,35,36). The normalized spacial score (nSPS) is 14.4. The lowest BCUT2D eigenvalue weighted by Crippen LogP contribution is -2.19. The van der Waals surface area contributed by atoms with Gasteiger partial charge in [0.05, 0.1) is 29.4 Å². The summed E-state index contributed by atoms with van der Waals surface area (Å²) in [4.78, 5) is 21.6. The van der Waals surface area contributed by atoms with Gasteiger partial charge in [-0.15, -0.1) is 0 Å². The number of rotatable bonds is 5. The van der Waals surface area contributed by atoms with Crippen molar-refractivity contribution < 1.29 is 4.74 Å². The van der Waals surface area contributed by atoms with Crippen LogP contribution in [0.3, 0.4) is 0 Å². The van der Waals surface area contributed by atoms with Gasteiger partial charge in [0, 0.05) is 52.3 Å². The molecule has 6 aromatic heterocycles. The van der Waals surface area contributed by atoms with Crippen molar-refractivity contribution in [3.63, 3.8) is 0 Å². The van der Waals surface area contributed by atoms with Crippen molar-refractivity contribution in [2.45, 2.75) is 38.2 Å².